The van der Waals surface area contributed by atoms with E-state index in [0.717, 1.165) is 31.1 Å². The first kappa shape index (κ1) is 23.4. The molecule has 8 heteroatoms. The third-order valence-corrected chi connectivity index (χ3v) is 5.67. The summed E-state index contributed by atoms with van der Waals surface area (Å²) in [4.78, 5) is 14.5. The summed E-state index contributed by atoms with van der Waals surface area (Å²) in [6, 6.07) is 18.0. The molecule has 0 bridgehead atoms. The van der Waals surface area contributed by atoms with Crippen LogP contribution < -0.4 is 15.0 Å². The van der Waals surface area contributed by atoms with E-state index in [0.29, 0.717) is 22.6 Å². The number of pyridine rings is 1. The minimum Gasteiger partial charge on any atom is -0.493 e. The molecule has 176 valence electrons. The Morgan fingerprint density at radius 3 is 2.41 bits per heavy atom. The van der Waals surface area contributed by atoms with Crippen LogP contribution in [0.3, 0.4) is 0 Å². The largest absolute Gasteiger partial charge is 0.493 e. The molecule has 0 fully saturated rings. The third-order valence-electron chi connectivity index (χ3n) is 5.67. The van der Waals surface area contributed by atoms with Crippen LogP contribution >= 0.6 is 0 Å². The van der Waals surface area contributed by atoms with Gasteiger partial charge in [0.05, 0.1) is 23.7 Å². The van der Waals surface area contributed by atoms with Crippen molar-refractivity contribution in [1.29, 1.82) is 0 Å². The number of nitrogens with one attached hydrogen (secondary N) is 1. The summed E-state index contributed by atoms with van der Waals surface area (Å²) in [6.45, 7) is 4.70. The number of ether oxygens (including phenoxy) is 2. The SMILES string of the molecule is COCCNCC(C)c1ccc(N(C)c2ccc(Oc3nc(O)c4ccncc4n3)cc2)cc1. The Hall–Kier alpha value is -3.75. The van der Waals surface area contributed by atoms with Crippen LogP contribution in [0.2, 0.25) is 0 Å². The minimum atomic E-state index is -0.137. The number of methoxy groups -OCH3 is 1. The summed E-state index contributed by atoms with van der Waals surface area (Å²) >= 11 is 0. The molecule has 0 spiro atoms. The van der Waals surface area contributed by atoms with Crippen molar-refractivity contribution in [2.75, 3.05) is 38.8 Å². The zero-order valence-electron chi connectivity index (χ0n) is 19.6. The van der Waals surface area contributed by atoms with Gasteiger partial charge >= 0.3 is 6.01 Å². The zero-order valence-corrected chi connectivity index (χ0v) is 19.6. The average molecular weight is 460 g/mol. The second-order valence-corrected chi connectivity index (χ2v) is 8.07. The number of hydrogen-bond donors (Lipinski definition) is 2. The van der Waals surface area contributed by atoms with E-state index >= 15 is 0 Å². The first-order valence-corrected chi connectivity index (χ1v) is 11.2. The highest BCUT2D eigenvalue weighted by molar-refractivity contribution is 5.82. The number of benzene rings is 2. The molecule has 4 rings (SSSR count). The van der Waals surface area contributed by atoms with Crippen molar-refractivity contribution in [1.82, 2.24) is 20.3 Å². The van der Waals surface area contributed by atoms with Crippen molar-refractivity contribution in [2.24, 2.45) is 0 Å². The Morgan fingerprint density at radius 2 is 1.71 bits per heavy atom. The van der Waals surface area contributed by atoms with E-state index in [1.165, 1.54) is 5.56 Å². The number of anilines is 2. The van der Waals surface area contributed by atoms with Crippen LogP contribution in [0.25, 0.3) is 10.9 Å². The van der Waals surface area contributed by atoms with Gasteiger partial charge in [-0.2, -0.15) is 9.97 Å². The first-order chi connectivity index (χ1) is 16.5. The van der Waals surface area contributed by atoms with Crippen LogP contribution in [-0.4, -0.2) is 53.9 Å². The summed E-state index contributed by atoms with van der Waals surface area (Å²) in [5, 5.41) is 14.1. The lowest BCUT2D eigenvalue weighted by Crippen LogP contribution is -2.23. The van der Waals surface area contributed by atoms with E-state index in [-0.39, 0.29) is 11.9 Å². The zero-order chi connectivity index (χ0) is 23.9. The minimum absolute atomic E-state index is 0.0699. The van der Waals surface area contributed by atoms with Crippen molar-refractivity contribution in [3.8, 4) is 17.6 Å². The average Bonchev–Trinajstić information content (AvgIpc) is 2.87. The maximum atomic E-state index is 10.1. The molecule has 4 aromatic rings. The normalized spacial score (nSPS) is 12.0. The summed E-state index contributed by atoms with van der Waals surface area (Å²) in [7, 11) is 3.74. The standard InChI is InChI=1S/C26H29N5O3/c1-18(16-28-14-15-33-3)19-4-6-20(7-5-19)31(2)21-8-10-22(11-9-21)34-26-29-24-17-27-13-12-23(24)25(32)30-26/h4-13,17-18,28H,14-16H2,1-3H3,(H,29,30,32). The number of fused-ring (bicyclic) bond motifs is 1. The lowest BCUT2D eigenvalue weighted by atomic mass is 10.0. The van der Waals surface area contributed by atoms with E-state index in [1.54, 1.807) is 25.6 Å². The molecular weight excluding hydrogens is 430 g/mol. The van der Waals surface area contributed by atoms with Gasteiger partial charge in [-0.25, -0.2) is 0 Å². The Bertz CT molecular complexity index is 1220. The van der Waals surface area contributed by atoms with Crippen LogP contribution in [0.5, 0.6) is 17.6 Å². The molecule has 0 saturated heterocycles. The van der Waals surface area contributed by atoms with Crippen molar-refractivity contribution >= 4 is 22.3 Å². The fourth-order valence-electron chi connectivity index (χ4n) is 3.62. The van der Waals surface area contributed by atoms with Crippen LogP contribution in [0.1, 0.15) is 18.4 Å². The van der Waals surface area contributed by atoms with Crippen LogP contribution in [0.4, 0.5) is 11.4 Å². The van der Waals surface area contributed by atoms with Gasteiger partial charge in [-0.3, -0.25) is 4.98 Å². The van der Waals surface area contributed by atoms with Gasteiger partial charge in [0.15, 0.2) is 0 Å². The Labute approximate surface area is 199 Å². The molecule has 1 atom stereocenters. The molecule has 0 aliphatic rings. The van der Waals surface area contributed by atoms with Crippen molar-refractivity contribution < 1.29 is 14.6 Å². The smallest absolute Gasteiger partial charge is 0.325 e. The Morgan fingerprint density at radius 1 is 1.00 bits per heavy atom. The van der Waals surface area contributed by atoms with Gasteiger partial charge < -0.3 is 24.8 Å². The summed E-state index contributed by atoms with van der Waals surface area (Å²) in [5.41, 5.74) is 3.91. The lowest BCUT2D eigenvalue weighted by Gasteiger charge is -2.21. The Kier molecular flexibility index (Phi) is 7.51. The van der Waals surface area contributed by atoms with Gasteiger partial charge in [0.1, 0.15) is 5.75 Å². The second kappa shape index (κ2) is 10.9. The molecule has 2 aromatic carbocycles. The molecule has 0 saturated carbocycles. The maximum Gasteiger partial charge on any atom is 0.325 e. The summed E-state index contributed by atoms with van der Waals surface area (Å²) in [6.07, 6.45) is 3.14. The van der Waals surface area contributed by atoms with E-state index in [1.807, 2.05) is 31.3 Å². The van der Waals surface area contributed by atoms with Crippen LogP contribution in [0.15, 0.2) is 67.0 Å². The number of aromatic nitrogens is 3. The van der Waals surface area contributed by atoms with Gasteiger partial charge in [0, 0.05) is 44.8 Å². The Balaban J connectivity index is 1.39. The van der Waals surface area contributed by atoms with Gasteiger partial charge in [-0.05, 0) is 53.9 Å². The van der Waals surface area contributed by atoms with Crippen LogP contribution in [0, 0.1) is 0 Å². The molecule has 0 amide bonds. The highest BCUT2D eigenvalue weighted by Crippen LogP contribution is 2.29. The fraction of sp³-hybridized carbons (Fsp3) is 0.269. The highest BCUT2D eigenvalue weighted by atomic mass is 16.5. The molecule has 34 heavy (non-hydrogen) atoms. The van der Waals surface area contributed by atoms with Crippen molar-refractivity contribution in [3.63, 3.8) is 0 Å². The lowest BCUT2D eigenvalue weighted by molar-refractivity contribution is 0.199. The third kappa shape index (κ3) is 5.59. The van der Waals surface area contributed by atoms with E-state index in [9.17, 15) is 5.11 Å². The highest BCUT2D eigenvalue weighted by Gasteiger charge is 2.11. The van der Waals surface area contributed by atoms with Gasteiger partial charge in [-0.1, -0.05) is 19.1 Å². The van der Waals surface area contributed by atoms with Crippen molar-refractivity contribution in [3.05, 3.63) is 72.6 Å². The van der Waals surface area contributed by atoms with Gasteiger partial charge in [0.2, 0.25) is 5.88 Å². The topological polar surface area (TPSA) is 92.6 Å². The number of nitrogens with zero attached hydrogens (tertiary/aromatic N) is 4. The predicted molar refractivity (Wildman–Crippen MR) is 133 cm³/mol. The van der Waals surface area contributed by atoms with Crippen LogP contribution in [-0.2, 0) is 4.74 Å². The molecule has 0 aliphatic heterocycles. The monoisotopic (exact) mass is 459 g/mol. The summed E-state index contributed by atoms with van der Waals surface area (Å²) in [5.74, 6) is 0.854. The van der Waals surface area contributed by atoms with E-state index in [4.69, 9.17) is 9.47 Å². The molecule has 2 heterocycles. The molecule has 0 aliphatic carbocycles. The summed E-state index contributed by atoms with van der Waals surface area (Å²) < 4.78 is 10.8. The van der Waals surface area contributed by atoms with Crippen molar-refractivity contribution in [2.45, 2.75) is 12.8 Å². The number of aromatic hydroxyl groups is 1. The predicted octanol–water partition coefficient (Wildman–Crippen LogP) is 4.63. The molecule has 2 aromatic heterocycles. The fourth-order valence-corrected chi connectivity index (χ4v) is 3.62. The molecule has 0 radical (unpaired) electrons. The molecule has 8 nitrogen and oxygen atoms in total. The van der Waals surface area contributed by atoms with E-state index in [2.05, 4.69) is 56.4 Å². The number of hydrogen-bond acceptors (Lipinski definition) is 8. The van der Waals surface area contributed by atoms with E-state index < -0.39 is 0 Å². The number of rotatable bonds is 10. The second-order valence-electron chi connectivity index (χ2n) is 8.07. The quantitative estimate of drug-likeness (QED) is 0.332. The first-order valence-electron chi connectivity index (χ1n) is 11.2. The molecule has 1 unspecified atom stereocenters. The molecular formula is C26H29N5O3. The maximum absolute atomic E-state index is 10.1. The van der Waals surface area contributed by atoms with Gasteiger partial charge in [0.25, 0.3) is 0 Å². The van der Waals surface area contributed by atoms with Gasteiger partial charge in [-0.15, -0.1) is 0 Å². The molecule has 2 N–H and O–H groups in total.